The van der Waals surface area contributed by atoms with Crippen LogP contribution in [-0.4, -0.2) is 95.5 Å². The second-order valence-electron chi connectivity index (χ2n) is 11.9. The Morgan fingerprint density at radius 3 is 2.28 bits per heavy atom. The normalized spacial score (nSPS) is 14.5. The van der Waals surface area contributed by atoms with Gasteiger partial charge in [0.25, 0.3) is 6.47 Å². The molecule has 3 heterocycles. The Bertz CT molecular complexity index is 1810. The number of H-pyrrole nitrogens is 1. The maximum absolute atomic E-state index is 14.5. The Labute approximate surface area is 311 Å². The minimum absolute atomic E-state index is 0.155. The Hall–Kier alpha value is -5.36. The van der Waals surface area contributed by atoms with E-state index in [0.29, 0.717) is 11.6 Å². The second kappa shape index (κ2) is 21.4. The molecule has 2 unspecified atom stereocenters. The number of para-hydroxylation sites is 1. The number of urea groups is 1. The van der Waals surface area contributed by atoms with E-state index in [4.69, 9.17) is 31.4 Å². The van der Waals surface area contributed by atoms with E-state index >= 15 is 0 Å². The number of fused-ring (bicyclic) bond motifs is 2. The van der Waals surface area contributed by atoms with Crippen LogP contribution in [0.4, 0.5) is 36.8 Å². The third kappa shape index (κ3) is 14.2. The average molecular weight is 789 g/mol. The van der Waals surface area contributed by atoms with E-state index in [-0.39, 0.29) is 30.8 Å². The van der Waals surface area contributed by atoms with Gasteiger partial charge in [-0.05, 0) is 74.0 Å². The van der Waals surface area contributed by atoms with Gasteiger partial charge in [-0.1, -0.05) is 42.8 Å². The number of aliphatic carboxylic acids is 1. The quantitative estimate of drug-likeness (QED) is 0.100. The Morgan fingerprint density at radius 2 is 1.70 bits per heavy atom. The number of hydrogen-bond donors (Lipinski definition) is 5. The summed E-state index contributed by atoms with van der Waals surface area (Å²) in [5.74, 6) is -2.99. The molecule has 1 aliphatic rings. The average Bonchev–Trinajstić information content (AvgIpc) is 3.53. The van der Waals surface area contributed by atoms with Crippen molar-refractivity contribution in [2.24, 2.45) is 5.92 Å². The van der Waals surface area contributed by atoms with Gasteiger partial charge in [0.05, 0.1) is 12.2 Å². The topological polar surface area (TPSA) is 168 Å². The zero-order valence-electron chi connectivity index (χ0n) is 29.2. The number of pyridine rings is 1. The lowest BCUT2D eigenvalue weighted by Crippen LogP contribution is -2.55. The maximum atomic E-state index is 14.5. The molecule has 0 aliphatic carbocycles. The number of anilines is 1. The van der Waals surface area contributed by atoms with Crippen LogP contribution in [0.1, 0.15) is 29.7 Å². The van der Waals surface area contributed by atoms with Gasteiger partial charge in [-0.25, -0.2) is 9.59 Å². The Kier molecular flexibility index (Phi) is 17.7. The first-order chi connectivity index (χ1) is 25.4. The number of hydrogen-bond acceptors (Lipinski definition) is 6. The Morgan fingerprint density at radius 1 is 1.09 bits per heavy atom. The highest BCUT2D eigenvalue weighted by Crippen LogP contribution is 2.35. The van der Waals surface area contributed by atoms with E-state index in [1.165, 1.54) is 0 Å². The molecule has 3 amide bonds. The number of nitrogens with zero attached hydrogens (tertiary/aromatic N) is 3. The van der Waals surface area contributed by atoms with Gasteiger partial charge < -0.3 is 35.6 Å². The van der Waals surface area contributed by atoms with E-state index in [1.54, 1.807) is 6.20 Å². The number of carboxylic acid groups (broad SMARTS) is 2. The number of rotatable bonds is 8. The fourth-order valence-corrected chi connectivity index (χ4v) is 5.84. The molecule has 12 nitrogen and oxygen atoms in total. The molecule has 0 fully saturated rings. The molecular formula is C35H39ClF6N6O6. The van der Waals surface area contributed by atoms with Crippen LogP contribution in [0.15, 0.2) is 73.1 Å². The lowest BCUT2D eigenvalue weighted by Gasteiger charge is -2.38. The zero-order valence-corrected chi connectivity index (χ0v) is 29.9. The summed E-state index contributed by atoms with van der Waals surface area (Å²) in [5.41, 5.74) is 4.57. The van der Waals surface area contributed by atoms with Gasteiger partial charge in [-0.3, -0.25) is 14.6 Å². The minimum Gasteiger partial charge on any atom is -0.483 e. The molecular weight excluding hydrogens is 750 g/mol. The summed E-state index contributed by atoms with van der Waals surface area (Å²) in [4.78, 5) is 56.5. The van der Waals surface area contributed by atoms with E-state index < -0.39 is 30.9 Å². The van der Waals surface area contributed by atoms with E-state index in [2.05, 4.69) is 25.5 Å². The summed E-state index contributed by atoms with van der Waals surface area (Å²) < 4.78 is 60.7. The summed E-state index contributed by atoms with van der Waals surface area (Å²) in [6.45, 7) is -0.289. The highest BCUT2D eigenvalue weighted by atomic mass is 35.5. The van der Waals surface area contributed by atoms with Crippen molar-refractivity contribution in [3.8, 4) is 0 Å². The van der Waals surface area contributed by atoms with Crippen LogP contribution in [0.25, 0.3) is 10.9 Å². The van der Waals surface area contributed by atoms with Crippen molar-refractivity contribution in [3.63, 3.8) is 0 Å². The fourth-order valence-electron chi connectivity index (χ4n) is 5.64. The van der Waals surface area contributed by atoms with Crippen molar-refractivity contribution in [2.75, 3.05) is 32.1 Å². The summed E-state index contributed by atoms with van der Waals surface area (Å²) in [6.07, 6.45) is -0.634. The van der Waals surface area contributed by atoms with Crippen molar-refractivity contribution in [3.05, 3.63) is 94.9 Å². The number of carboxylic acids is 1. The van der Waals surface area contributed by atoms with E-state index in [9.17, 15) is 35.9 Å². The standard InChI is InChI=1S/C31H35ClN6O2.C2HF3O2.CHF3.CH2O2/c1-20(26-17-34-27-10-5-4-9-25(26)27)29(36-31(40)35-16-24-8-6-7-13-33-24)30(39)38-19-21(18-37(2)3)14-22-15-23(32)11-12-28(22)38;3-2(4,5)1(6)7;2-1(3)4;2-1-3/h4-13,15,17,20-21,29,34H,14,16,18-19H2,1-3H3,(H2,35,36,40);(H,6,7);1H;1H,(H,2,3)/t20?,21-,29?;;;/m1.../s1. The lowest BCUT2D eigenvalue weighted by molar-refractivity contribution is -0.192. The third-order valence-corrected chi connectivity index (χ3v) is 7.97. The zero-order chi connectivity index (χ0) is 40.6. The number of carbonyl (C=O) groups excluding carboxylic acids is 2. The number of alkyl halides is 6. The van der Waals surface area contributed by atoms with Crippen LogP contribution in [0.5, 0.6) is 0 Å². The van der Waals surface area contributed by atoms with Crippen LogP contribution in [0, 0.1) is 5.92 Å². The molecule has 3 atom stereocenters. The molecule has 4 aromatic rings. The van der Waals surface area contributed by atoms with E-state index in [1.807, 2.05) is 92.8 Å². The molecule has 5 N–H and O–H groups in total. The number of aromatic nitrogens is 2. The number of benzene rings is 2. The van der Waals surface area contributed by atoms with Gasteiger partial charge in [-0.15, -0.1) is 0 Å². The fraction of sp³-hybridized carbons (Fsp3) is 0.343. The number of carbonyl (C=O) groups is 4. The van der Waals surface area contributed by atoms with E-state index in [0.717, 1.165) is 46.4 Å². The Balaban J connectivity index is 0.000000618. The summed E-state index contributed by atoms with van der Waals surface area (Å²) in [5, 5.41) is 21.6. The molecule has 19 heteroatoms. The summed E-state index contributed by atoms with van der Waals surface area (Å²) in [7, 11) is 4.07. The van der Waals surface area contributed by atoms with Crippen LogP contribution < -0.4 is 15.5 Å². The number of nitrogens with one attached hydrogen (secondary N) is 3. The van der Waals surface area contributed by atoms with Crippen molar-refractivity contribution in [1.82, 2.24) is 25.5 Å². The van der Waals surface area contributed by atoms with Gasteiger partial charge in [0.15, 0.2) is 0 Å². The molecule has 0 spiro atoms. The van der Waals surface area contributed by atoms with Gasteiger partial charge in [0, 0.05) is 53.0 Å². The summed E-state index contributed by atoms with van der Waals surface area (Å²) >= 11 is 6.36. The van der Waals surface area contributed by atoms with Crippen molar-refractivity contribution in [2.45, 2.75) is 44.7 Å². The van der Waals surface area contributed by atoms with Gasteiger partial charge in [0.1, 0.15) is 6.04 Å². The van der Waals surface area contributed by atoms with Crippen molar-refractivity contribution in [1.29, 1.82) is 0 Å². The number of halogens is 7. The molecule has 54 heavy (non-hydrogen) atoms. The van der Waals surface area contributed by atoms with Gasteiger partial charge in [0.2, 0.25) is 5.91 Å². The molecule has 0 bridgehead atoms. The van der Waals surface area contributed by atoms with Gasteiger partial charge >= 0.3 is 24.9 Å². The van der Waals surface area contributed by atoms with Crippen LogP contribution >= 0.6 is 11.6 Å². The first-order valence-electron chi connectivity index (χ1n) is 15.9. The molecule has 2 aromatic heterocycles. The number of aromatic amines is 1. The largest absolute Gasteiger partial charge is 0.490 e. The third-order valence-electron chi connectivity index (χ3n) is 7.73. The minimum atomic E-state index is -5.08. The van der Waals surface area contributed by atoms with Crippen LogP contribution in [-0.2, 0) is 27.3 Å². The van der Waals surface area contributed by atoms with Crippen LogP contribution in [0.2, 0.25) is 5.02 Å². The maximum Gasteiger partial charge on any atom is 0.490 e. The smallest absolute Gasteiger partial charge is 0.483 e. The monoisotopic (exact) mass is 788 g/mol. The van der Waals surface area contributed by atoms with Crippen LogP contribution in [0.3, 0.4) is 0 Å². The first-order valence-corrected chi connectivity index (χ1v) is 16.3. The highest BCUT2D eigenvalue weighted by Gasteiger charge is 2.39. The molecule has 0 radical (unpaired) electrons. The second-order valence-corrected chi connectivity index (χ2v) is 12.4. The number of amides is 3. The molecule has 5 rings (SSSR count). The molecule has 0 saturated heterocycles. The predicted molar refractivity (Wildman–Crippen MR) is 189 cm³/mol. The SMILES string of the molecule is CC(c1c[nH]c2ccccc12)C(NC(=O)NCc1ccccn1)C(=O)N1C[C@@H](CN(C)C)Cc2cc(Cl)ccc21.FC(F)F.O=C(O)C(F)(F)F.O=CO. The molecule has 1 aliphatic heterocycles. The molecule has 0 saturated carbocycles. The lowest BCUT2D eigenvalue weighted by atomic mass is 9.88. The molecule has 2 aromatic carbocycles. The van der Waals surface area contributed by atoms with Crippen molar-refractivity contribution < 1.29 is 55.7 Å². The summed E-state index contributed by atoms with van der Waals surface area (Å²) in [6, 6.07) is 18.0. The van der Waals surface area contributed by atoms with Crippen molar-refractivity contribution >= 4 is 52.6 Å². The van der Waals surface area contributed by atoms with Gasteiger partial charge in [-0.2, -0.15) is 26.3 Å². The predicted octanol–water partition coefficient (Wildman–Crippen LogP) is 6.47. The highest BCUT2D eigenvalue weighted by molar-refractivity contribution is 6.30. The molecule has 294 valence electrons. The first kappa shape index (κ1) is 44.8.